The van der Waals surface area contributed by atoms with Gasteiger partial charge in [0, 0.05) is 5.92 Å². The lowest BCUT2D eigenvalue weighted by atomic mass is 9.97. The van der Waals surface area contributed by atoms with Crippen LogP contribution < -0.4 is 0 Å². The quantitative estimate of drug-likeness (QED) is 0.671. The molecule has 1 aromatic carbocycles. The van der Waals surface area contributed by atoms with Crippen molar-refractivity contribution in [3.63, 3.8) is 0 Å². The van der Waals surface area contributed by atoms with Gasteiger partial charge in [-0.1, -0.05) is 56.7 Å². The Morgan fingerprint density at radius 2 is 2.04 bits per heavy atom. The molecule has 4 heteroatoms. The van der Waals surface area contributed by atoms with Crippen LogP contribution in [0.2, 0.25) is 0 Å². The van der Waals surface area contributed by atoms with Gasteiger partial charge in [0.1, 0.15) is 6.61 Å². The van der Waals surface area contributed by atoms with Gasteiger partial charge in [-0.2, -0.15) is 0 Å². The molecule has 3 atom stereocenters. The highest BCUT2D eigenvalue weighted by molar-refractivity contribution is 5.94. The Bertz CT molecular complexity index is 570. The molecule has 1 fully saturated rings. The molecule has 1 aromatic rings. The SMILES string of the molecule is C=C[C@H](C)CCC[C@H](C)C(=O)N1C(=O)OC[C@@H]1Cc1ccccc1. The molecule has 0 N–H and O–H groups in total. The number of amides is 2. The van der Waals surface area contributed by atoms with Crippen molar-refractivity contribution in [2.24, 2.45) is 11.8 Å². The number of imide groups is 1. The molecule has 0 spiro atoms. The predicted molar refractivity (Wildman–Crippen MR) is 94.5 cm³/mol. The van der Waals surface area contributed by atoms with Gasteiger partial charge in [0.15, 0.2) is 0 Å². The van der Waals surface area contributed by atoms with E-state index in [2.05, 4.69) is 13.5 Å². The largest absolute Gasteiger partial charge is 0.447 e. The number of allylic oxidation sites excluding steroid dienone is 1. The fourth-order valence-electron chi connectivity index (χ4n) is 2.99. The third-order valence-corrected chi connectivity index (χ3v) is 4.63. The Kier molecular flexibility index (Phi) is 6.59. The molecule has 2 amide bonds. The number of rotatable bonds is 8. The Labute approximate surface area is 144 Å². The number of hydrogen-bond acceptors (Lipinski definition) is 3. The fourth-order valence-corrected chi connectivity index (χ4v) is 2.99. The van der Waals surface area contributed by atoms with Gasteiger partial charge in [-0.15, -0.1) is 6.58 Å². The van der Waals surface area contributed by atoms with Gasteiger partial charge in [0.25, 0.3) is 0 Å². The molecular weight excluding hydrogens is 302 g/mol. The van der Waals surface area contributed by atoms with Crippen molar-refractivity contribution < 1.29 is 14.3 Å². The number of cyclic esters (lactones) is 1. The van der Waals surface area contributed by atoms with Gasteiger partial charge < -0.3 is 4.74 Å². The Hall–Kier alpha value is -2.10. The second-order valence-electron chi connectivity index (χ2n) is 6.67. The molecule has 130 valence electrons. The first-order valence-corrected chi connectivity index (χ1v) is 8.69. The maximum Gasteiger partial charge on any atom is 0.416 e. The molecule has 0 unspecified atom stereocenters. The highest BCUT2D eigenvalue weighted by Crippen LogP contribution is 2.22. The first-order valence-electron chi connectivity index (χ1n) is 8.69. The molecule has 0 radical (unpaired) electrons. The molecule has 0 saturated carbocycles. The number of carbonyl (C=O) groups excluding carboxylic acids is 2. The summed E-state index contributed by atoms with van der Waals surface area (Å²) in [7, 11) is 0. The predicted octanol–water partition coefficient (Wildman–Crippen LogP) is 4.21. The van der Waals surface area contributed by atoms with Gasteiger partial charge in [0.2, 0.25) is 5.91 Å². The van der Waals surface area contributed by atoms with E-state index in [0.717, 1.165) is 24.8 Å². The van der Waals surface area contributed by atoms with E-state index in [9.17, 15) is 9.59 Å². The van der Waals surface area contributed by atoms with E-state index in [4.69, 9.17) is 4.74 Å². The number of nitrogens with zero attached hydrogens (tertiary/aromatic N) is 1. The van der Waals surface area contributed by atoms with Gasteiger partial charge in [-0.25, -0.2) is 9.69 Å². The zero-order valence-electron chi connectivity index (χ0n) is 14.6. The standard InChI is InChI=1S/C20H27NO3/c1-4-15(2)9-8-10-16(3)19(22)21-18(14-24-20(21)23)13-17-11-6-5-7-12-17/h4-7,11-12,15-16,18H,1,8-10,13-14H2,2-3H3/t15-,16-,18-/m0/s1. The first-order chi connectivity index (χ1) is 11.5. The van der Waals surface area contributed by atoms with Crippen LogP contribution in [0.5, 0.6) is 0 Å². The van der Waals surface area contributed by atoms with Crippen LogP contribution in [-0.4, -0.2) is 29.5 Å². The third-order valence-electron chi connectivity index (χ3n) is 4.63. The van der Waals surface area contributed by atoms with Crippen molar-refractivity contribution in [2.75, 3.05) is 6.61 Å². The van der Waals surface area contributed by atoms with Gasteiger partial charge in [-0.3, -0.25) is 4.79 Å². The highest BCUT2D eigenvalue weighted by atomic mass is 16.6. The average Bonchev–Trinajstić information content (AvgIpc) is 2.95. The molecule has 2 rings (SSSR count). The summed E-state index contributed by atoms with van der Waals surface area (Å²) in [4.78, 5) is 26.1. The van der Waals surface area contributed by atoms with E-state index in [0.29, 0.717) is 12.3 Å². The number of hydrogen-bond donors (Lipinski definition) is 0. The van der Waals surface area contributed by atoms with Crippen molar-refractivity contribution in [3.8, 4) is 0 Å². The topological polar surface area (TPSA) is 46.6 Å². The van der Waals surface area contributed by atoms with Crippen LogP contribution in [0.25, 0.3) is 0 Å². The zero-order chi connectivity index (χ0) is 17.5. The molecule has 4 nitrogen and oxygen atoms in total. The highest BCUT2D eigenvalue weighted by Gasteiger charge is 2.39. The third kappa shape index (κ3) is 4.70. The van der Waals surface area contributed by atoms with Gasteiger partial charge in [-0.05, 0) is 30.7 Å². The van der Waals surface area contributed by atoms with Crippen molar-refractivity contribution in [3.05, 3.63) is 48.6 Å². The van der Waals surface area contributed by atoms with E-state index in [1.54, 1.807) is 0 Å². The minimum atomic E-state index is -0.507. The second-order valence-corrected chi connectivity index (χ2v) is 6.67. The van der Waals surface area contributed by atoms with Crippen LogP contribution in [0.15, 0.2) is 43.0 Å². The number of carbonyl (C=O) groups is 2. The minimum absolute atomic E-state index is 0.121. The summed E-state index contributed by atoms with van der Waals surface area (Å²) in [6, 6.07) is 9.68. The van der Waals surface area contributed by atoms with Crippen LogP contribution in [0.3, 0.4) is 0 Å². The molecule has 24 heavy (non-hydrogen) atoms. The summed E-state index contributed by atoms with van der Waals surface area (Å²) in [6.45, 7) is 8.07. The minimum Gasteiger partial charge on any atom is -0.447 e. The lowest BCUT2D eigenvalue weighted by Crippen LogP contribution is -2.43. The van der Waals surface area contributed by atoms with E-state index in [1.807, 2.05) is 43.3 Å². The molecule has 1 saturated heterocycles. The van der Waals surface area contributed by atoms with Crippen LogP contribution >= 0.6 is 0 Å². The van der Waals surface area contributed by atoms with Crippen LogP contribution in [0, 0.1) is 11.8 Å². The van der Waals surface area contributed by atoms with Gasteiger partial charge >= 0.3 is 6.09 Å². The van der Waals surface area contributed by atoms with Crippen molar-refractivity contribution in [2.45, 2.75) is 45.6 Å². The van der Waals surface area contributed by atoms with Gasteiger partial charge in [0.05, 0.1) is 6.04 Å². The van der Waals surface area contributed by atoms with Crippen molar-refractivity contribution in [1.29, 1.82) is 0 Å². The normalized spacial score (nSPS) is 19.7. The Morgan fingerprint density at radius 3 is 2.71 bits per heavy atom. The van der Waals surface area contributed by atoms with E-state index in [1.165, 1.54) is 4.90 Å². The lowest BCUT2D eigenvalue weighted by Gasteiger charge is -2.23. The summed E-state index contributed by atoms with van der Waals surface area (Å²) >= 11 is 0. The first kappa shape index (κ1) is 18.2. The second kappa shape index (κ2) is 8.67. The fraction of sp³-hybridized carbons (Fsp3) is 0.500. The average molecular weight is 329 g/mol. The van der Waals surface area contributed by atoms with Crippen LogP contribution in [0.4, 0.5) is 4.79 Å². The van der Waals surface area contributed by atoms with Crippen molar-refractivity contribution >= 4 is 12.0 Å². The summed E-state index contributed by atoms with van der Waals surface area (Å²) in [6.07, 6.45) is 4.80. The number of benzene rings is 1. The lowest BCUT2D eigenvalue weighted by molar-refractivity contribution is -0.133. The molecule has 1 aliphatic rings. The smallest absolute Gasteiger partial charge is 0.416 e. The summed E-state index contributed by atoms with van der Waals surface area (Å²) in [5.74, 6) is 0.158. The van der Waals surface area contributed by atoms with E-state index in [-0.39, 0.29) is 24.5 Å². The van der Waals surface area contributed by atoms with Crippen LogP contribution in [0.1, 0.15) is 38.7 Å². The molecule has 0 aromatic heterocycles. The van der Waals surface area contributed by atoms with E-state index >= 15 is 0 Å². The molecule has 0 aliphatic carbocycles. The maximum atomic E-state index is 12.7. The summed E-state index contributed by atoms with van der Waals surface area (Å²) in [5.41, 5.74) is 1.10. The van der Waals surface area contributed by atoms with Crippen LogP contribution in [-0.2, 0) is 16.0 Å². The Morgan fingerprint density at radius 1 is 1.33 bits per heavy atom. The summed E-state index contributed by atoms with van der Waals surface area (Å²) in [5, 5.41) is 0. The molecule has 1 aliphatic heterocycles. The van der Waals surface area contributed by atoms with Crippen molar-refractivity contribution in [1.82, 2.24) is 4.90 Å². The zero-order valence-corrected chi connectivity index (χ0v) is 14.6. The van der Waals surface area contributed by atoms with E-state index < -0.39 is 6.09 Å². The molecule has 0 bridgehead atoms. The summed E-state index contributed by atoms with van der Waals surface area (Å²) < 4.78 is 5.13. The number of ether oxygens (including phenoxy) is 1. The molecule has 1 heterocycles. The monoisotopic (exact) mass is 329 g/mol. The molecular formula is C20H27NO3. The Balaban J connectivity index is 1.94. The maximum absolute atomic E-state index is 12.7.